The van der Waals surface area contributed by atoms with Crippen molar-refractivity contribution in [1.29, 1.82) is 0 Å². The quantitative estimate of drug-likeness (QED) is 0.447. The van der Waals surface area contributed by atoms with Crippen LogP contribution >= 0.6 is 11.3 Å². The van der Waals surface area contributed by atoms with Gasteiger partial charge < -0.3 is 9.88 Å². The number of rotatable bonds is 8. The van der Waals surface area contributed by atoms with E-state index >= 15 is 0 Å². The Hall–Kier alpha value is -3.78. The molecule has 156 valence electrons. The zero-order valence-electron chi connectivity index (χ0n) is 16.7. The number of imidazole rings is 1. The Morgan fingerprint density at radius 1 is 1.00 bits per heavy atom. The number of hydrogen-bond acceptors (Lipinski definition) is 5. The number of amides is 2. The van der Waals surface area contributed by atoms with Crippen LogP contribution in [0.2, 0.25) is 0 Å². The van der Waals surface area contributed by atoms with Crippen molar-refractivity contribution in [3.63, 3.8) is 0 Å². The highest BCUT2D eigenvalue weighted by Crippen LogP contribution is 2.17. The van der Waals surface area contributed by atoms with Crippen molar-refractivity contribution in [1.82, 2.24) is 19.9 Å². The molecule has 2 N–H and O–H groups in total. The highest BCUT2D eigenvalue weighted by atomic mass is 32.1. The van der Waals surface area contributed by atoms with E-state index in [1.54, 1.807) is 42.2 Å². The van der Waals surface area contributed by atoms with E-state index in [-0.39, 0.29) is 18.2 Å². The maximum atomic E-state index is 12.3. The SMILES string of the molecule is O=C(Cc1csc(NC(=O)c2ccccc2)n1)NCc1ccc(Cn2ccnc2)cc1. The minimum atomic E-state index is -0.220. The smallest absolute Gasteiger partial charge is 0.257 e. The Morgan fingerprint density at radius 3 is 2.52 bits per heavy atom. The number of thiazole rings is 1. The van der Waals surface area contributed by atoms with Gasteiger partial charge in [0, 0.05) is 36.4 Å². The van der Waals surface area contributed by atoms with Gasteiger partial charge in [-0.05, 0) is 23.3 Å². The van der Waals surface area contributed by atoms with Gasteiger partial charge in [-0.15, -0.1) is 11.3 Å². The first-order valence-electron chi connectivity index (χ1n) is 9.77. The molecule has 0 aliphatic rings. The van der Waals surface area contributed by atoms with Gasteiger partial charge >= 0.3 is 0 Å². The van der Waals surface area contributed by atoms with E-state index in [1.807, 2.05) is 41.1 Å². The number of nitrogens with one attached hydrogen (secondary N) is 2. The third-order valence-electron chi connectivity index (χ3n) is 4.59. The van der Waals surface area contributed by atoms with Gasteiger partial charge in [-0.1, -0.05) is 42.5 Å². The summed E-state index contributed by atoms with van der Waals surface area (Å²) in [5.74, 6) is -0.337. The molecular weight excluding hydrogens is 410 g/mol. The van der Waals surface area contributed by atoms with Gasteiger partial charge in [-0.25, -0.2) is 9.97 Å². The van der Waals surface area contributed by atoms with E-state index < -0.39 is 0 Å². The summed E-state index contributed by atoms with van der Waals surface area (Å²) in [5.41, 5.74) is 3.38. The van der Waals surface area contributed by atoms with Crippen molar-refractivity contribution in [2.45, 2.75) is 19.5 Å². The molecule has 4 aromatic rings. The van der Waals surface area contributed by atoms with Crippen LogP contribution in [0.4, 0.5) is 5.13 Å². The van der Waals surface area contributed by atoms with E-state index in [4.69, 9.17) is 0 Å². The first kappa shape index (κ1) is 20.5. The Balaban J connectivity index is 1.24. The second-order valence-electron chi connectivity index (χ2n) is 6.97. The van der Waals surface area contributed by atoms with Crippen LogP contribution in [0.1, 0.15) is 27.2 Å². The summed E-state index contributed by atoms with van der Waals surface area (Å²) in [6.45, 7) is 1.21. The maximum Gasteiger partial charge on any atom is 0.257 e. The zero-order valence-corrected chi connectivity index (χ0v) is 17.5. The number of benzene rings is 2. The lowest BCUT2D eigenvalue weighted by molar-refractivity contribution is -0.120. The highest BCUT2D eigenvalue weighted by molar-refractivity contribution is 7.14. The van der Waals surface area contributed by atoms with Crippen molar-refractivity contribution in [2.24, 2.45) is 0 Å². The molecule has 8 heteroatoms. The van der Waals surface area contributed by atoms with Gasteiger partial charge in [0.15, 0.2) is 5.13 Å². The number of nitrogens with zero attached hydrogens (tertiary/aromatic N) is 3. The molecule has 7 nitrogen and oxygen atoms in total. The predicted octanol–water partition coefficient (Wildman–Crippen LogP) is 3.50. The minimum Gasteiger partial charge on any atom is -0.352 e. The third-order valence-corrected chi connectivity index (χ3v) is 5.39. The molecule has 0 fully saturated rings. The molecule has 0 unspecified atom stereocenters. The van der Waals surface area contributed by atoms with E-state index in [1.165, 1.54) is 16.9 Å². The molecule has 0 saturated carbocycles. The van der Waals surface area contributed by atoms with E-state index in [0.717, 1.165) is 12.1 Å². The minimum absolute atomic E-state index is 0.117. The second-order valence-corrected chi connectivity index (χ2v) is 7.83. The van der Waals surface area contributed by atoms with Gasteiger partial charge in [0.1, 0.15) is 0 Å². The fourth-order valence-electron chi connectivity index (χ4n) is 2.99. The first-order chi connectivity index (χ1) is 15.2. The van der Waals surface area contributed by atoms with Gasteiger partial charge in [-0.2, -0.15) is 0 Å². The van der Waals surface area contributed by atoms with Crippen LogP contribution in [-0.4, -0.2) is 26.3 Å². The van der Waals surface area contributed by atoms with E-state index in [9.17, 15) is 9.59 Å². The fraction of sp³-hybridized carbons (Fsp3) is 0.130. The monoisotopic (exact) mass is 431 g/mol. The number of anilines is 1. The lowest BCUT2D eigenvalue weighted by Gasteiger charge is -2.07. The van der Waals surface area contributed by atoms with Crippen LogP contribution in [0.25, 0.3) is 0 Å². The highest BCUT2D eigenvalue weighted by Gasteiger charge is 2.11. The molecule has 2 amide bonds. The van der Waals surface area contributed by atoms with E-state index in [2.05, 4.69) is 20.6 Å². The summed E-state index contributed by atoms with van der Waals surface area (Å²) in [5, 5.41) is 7.93. The molecular formula is C23H21N5O2S. The van der Waals surface area contributed by atoms with E-state index in [0.29, 0.717) is 22.9 Å². The average Bonchev–Trinajstić information content (AvgIpc) is 3.46. The molecule has 2 aromatic carbocycles. The van der Waals surface area contributed by atoms with Crippen molar-refractivity contribution >= 4 is 28.3 Å². The Labute approximate surface area is 183 Å². The van der Waals surface area contributed by atoms with Gasteiger partial charge in [0.25, 0.3) is 5.91 Å². The standard InChI is InChI=1S/C23H21N5O2S/c29-21(25-13-17-6-8-18(9-7-17)14-28-11-10-24-16-28)12-20-15-31-23(26-20)27-22(30)19-4-2-1-3-5-19/h1-11,15-16H,12-14H2,(H,25,29)(H,26,27,30). The summed E-state index contributed by atoms with van der Waals surface area (Å²) >= 11 is 1.30. The predicted molar refractivity (Wildman–Crippen MR) is 120 cm³/mol. The molecule has 0 radical (unpaired) electrons. The van der Waals surface area contributed by atoms with Crippen molar-refractivity contribution in [3.05, 3.63) is 101 Å². The lowest BCUT2D eigenvalue weighted by Crippen LogP contribution is -2.24. The molecule has 0 bridgehead atoms. The van der Waals surface area contributed by atoms with Gasteiger partial charge in [-0.3, -0.25) is 14.9 Å². The number of aromatic nitrogens is 3. The molecule has 2 aromatic heterocycles. The normalized spacial score (nSPS) is 10.6. The van der Waals surface area contributed by atoms with Crippen molar-refractivity contribution in [3.8, 4) is 0 Å². The molecule has 2 heterocycles. The summed E-state index contributed by atoms with van der Waals surface area (Å²) in [6, 6.07) is 17.0. The van der Waals surface area contributed by atoms with Crippen LogP contribution in [-0.2, 0) is 24.3 Å². The van der Waals surface area contributed by atoms with Crippen molar-refractivity contribution in [2.75, 3.05) is 5.32 Å². The third kappa shape index (κ3) is 5.86. The summed E-state index contributed by atoms with van der Waals surface area (Å²) < 4.78 is 2.00. The largest absolute Gasteiger partial charge is 0.352 e. The van der Waals surface area contributed by atoms with Crippen molar-refractivity contribution < 1.29 is 9.59 Å². The molecule has 0 atom stereocenters. The molecule has 31 heavy (non-hydrogen) atoms. The van der Waals surface area contributed by atoms with Crippen LogP contribution in [0, 0.1) is 0 Å². The number of carbonyl (C=O) groups excluding carboxylic acids is 2. The first-order valence-corrected chi connectivity index (χ1v) is 10.6. The number of carbonyl (C=O) groups is 2. The Morgan fingerprint density at radius 2 is 1.77 bits per heavy atom. The topological polar surface area (TPSA) is 88.9 Å². The lowest BCUT2D eigenvalue weighted by atomic mass is 10.1. The second kappa shape index (κ2) is 9.82. The van der Waals surface area contributed by atoms with Crippen LogP contribution in [0.15, 0.2) is 78.7 Å². The molecule has 0 saturated heterocycles. The molecule has 0 spiro atoms. The maximum absolute atomic E-state index is 12.3. The average molecular weight is 432 g/mol. The summed E-state index contributed by atoms with van der Waals surface area (Å²) in [4.78, 5) is 32.8. The Kier molecular flexibility index (Phi) is 6.49. The van der Waals surface area contributed by atoms with Gasteiger partial charge in [0.2, 0.25) is 5.91 Å². The zero-order chi connectivity index (χ0) is 21.5. The van der Waals surface area contributed by atoms with Crippen LogP contribution in [0.5, 0.6) is 0 Å². The molecule has 4 rings (SSSR count). The Bertz CT molecular complexity index is 1140. The van der Waals surface area contributed by atoms with Crippen LogP contribution in [0.3, 0.4) is 0 Å². The number of hydrogen-bond donors (Lipinski definition) is 2. The summed E-state index contributed by atoms with van der Waals surface area (Å²) in [6.07, 6.45) is 5.62. The molecule has 0 aliphatic heterocycles. The van der Waals surface area contributed by atoms with Gasteiger partial charge in [0.05, 0.1) is 18.4 Å². The van der Waals surface area contributed by atoms with Crippen LogP contribution < -0.4 is 10.6 Å². The fourth-order valence-corrected chi connectivity index (χ4v) is 3.69. The summed E-state index contributed by atoms with van der Waals surface area (Å²) in [7, 11) is 0. The molecule has 0 aliphatic carbocycles.